The zero-order chi connectivity index (χ0) is 20.4. The van der Waals surface area contributed by atoms with Gasteiger partial charge in [-0.15, -0.1) is 24.8 Å². The number of rotatable bonds is 6. The van der Waals surface area contributed by atoms with Crippen molar-refractivity contribution < 1.29 is 4.79 Å². The third-order valence-corrected chi connectivity index (χ3v) is 5.30. The number of carbonyl (C=O) groups is 1. The quantitative estimate of drug-likeness (QED) is 0.688. The number of halogens is 2. The molecule has 0 aliphatic carbocycles. The topological polar surface area (TPSA) is 100 Å². The van der Waals surface area contributed by atoms with Crippen molar-refractivity contribution in [2.24, 2.45) is 5.92 Å². The van der Waals surface area contributed by atoms with E-state index in [4.69, 9.17) is 0 Å². The van der Waals surface area contributed by atoms with Crippen LogP contribution in [-0.2, 0) is 6.54 Å². The van der Waals surface area contributed by atoms with Crippen LogP contribution in [0.4, 0.5) is 0 Å². The van der Waals surface area contributed by atoms with E-state index in [0.717, 1.165) is 19.4 Å². The van der Waals surface area contributed by atoms with Crippen LogP contribution in [0.25, 0.3) is 11.0 Å². The van der Waals surface area contributed by atoms with E-state index in [0.29, 0.717) is 42.5 Å². The van der Waals surface area contributed by atoms with Crippen molar-refractivity contribution >= 4 is 41.8 Å². The number of likely N-dealkylation sites (tertiary alicyclic amines) is 1. The van der Waals surface area contributed by atoms with Crippen LogP contribution >= 0.6 is 24.8 Å². The highest BCUT2D eigenvalue weighted by Gasteiger charge is 2.29. The Morgan fingerprint density at radius 2 is 2.03 bits per heavy atom. The summed E-state index contributed by atoms with van der Waals surface area (Å²) in [5.74, 6) is 0.305. The molecule has 0 spiro atoms. The number of carbonyl (C=O) groups excluding carboxylic acids is 1. The fourth-order valence-corrected chi connectivity index (χ4v) is 3.83. The second-order valence-corrected chi connectivity index (χ2v) is 7.82. The molecule has 3 rings (SSSR count). The van der Waals surface area contributed by atoms with Crippen LogP contribution in [-0.4, -0.2) is 52.0 Å². The summed E-state index contributed by atoms with van der Waals surface area (Å²) in [5.41, 5.74) is 0.309. The lowest BCUT2D eigenvalue weighted by Gasteiger charge is -2.19. The zero-order valence-corrected chi connectivity index (χ0v) is 19.5. The van der Waals surface area contributed by atoms with Crippen molar-refractivity contribution in [3.05, 3.63) is 38.2 Å². The summed E-state index contributed by atoms with van der Waals surface area (Å²) in [6.07, 6.45) is 1.65. The summed E-state index contributed by atoms with van der Waals surface area (Å²) in [7, 11) is 1.91. The van der Waals surface area contributed by atoms with Crippen LogP contribution in [0.15, 0.2) is 15.7 Å². The van der Waals surface area contributed by atoms with E-state index in [2.05, 4.69) is 15.3 Å². The first-order chi connectivity index (χ1) is 13.4. The minimum Gasteiger partial charge on any atom is -0.338 e. The Morgan fingerprint density at radius 1 is 1.33 bits per heavy atom. The van der Waals surface area contributed by atoms with Crippen molar-refractivity contribution in [1.29, 1.82) is 0 Å². The Labute approximate surface area is 188 Å². The summed E-state index contributed by atoms with van der Waals surface area (Å²) >= 11 is 0. The van der Waals surface area contributed by atoms with Gasteiger partial charge in [-0.1, -0.05) is 20.8 Å². The summed E-state index contributed by atoms with van der Waals surface area (Å²) < 4.78 is 1.47. The van der Waals surface area contributed by atoms with Gasteiger partial charge in [0.1, 0.15) is 0 Å². The summed E-state index contributed by atoms with van der Waals surface area (Å²) in [6.45, 7) is 8.53. The smallest absolute Gasteiger partial charge is 0.329 e. The first kappa shape index (κ1) is 26.1. The molecule has 8 nitrogen and oxygen atoms in total. The molecule has 0 aromatic carbocycles. The number of nitrogens with one attached hydrogen (secondary N) is 2. The maximum Gasteiger partial charge on any atom is 0.329 e. The lowest BCUT2D eigenvalue weighted by Crippen LogP contribution is -2.35. The Hall–Kier alpha value is -1.90. The van der Waals surface area contributed by atoms with Crippen molar-refractivity contribution in [3.8, 4) is 0 Å². The number of H-pyrrole nitrogens is 1. The van der Waals surface area contributed by atoms with Crippen LogP contribution < -0.4 is 16.6 Å². The lowest BCUT2D eigenvalue weighted by atomic mass is 10.0. The molecule has 30 heavy (non-hydrogen) atoms. The molecule has 0 radical (unpaired) electrons. The standard InChI is InChI=1S/C20H29N5O3.2ClH/c1-5-7-25-17-16(18(26)23-20(25)28)14(9-15(22-17)12(2)3)19(27)24-8-6-13(11-24)10-21-4;;/h9,12-13,21H,5-8,10-11H2,1-4H3,(H,23,26,28);2*1H. The maximum atomic E-state index is 13.3. The molecule has 10 heteroatoms. The van der Waals surface area contributed by atoms with Crippen molar-refractivity contribution in [1.82, 2.24) is 24.8 Å². The van der Waals surface area contributed by atoms with Crippen molar-refractivity contribution in [2.75, 3.05) is 26.7 Å². The number of amides is 1. The Morgan fingerprint density at radius 3 is 2.63 bits per heavy atom. The van der Waals surface area contributed by atoms with Gasteiger partial charge >= 0.3 is 5.69 Å². The highest BCUT2D eigenvalue weighted by molar-refractivity contribution is 6.05. The third-order valence-electron chi connectivity index (χ3n) is 5.30. The molecule has 2 aromatic rings. The predicted molar refractivity (Wildman–Crippen MR) is 123 cm³/mol. The largest absolute Gasteiger partial charge is 0.338 e. The van der Waals surface area contributed by atoms with Crippen molar-refractivity contribution in [2.45, 2.75) is 46.1 Å². The predicted octanol–water partition coefficient (Wildman–Crippen LogP) is 2.14. The molecule has 2 aromatic heterocycles. The van der Waals surface area contributed by atoms with Crippen molar-refractivity contribution in [3.63, 3.8) is 0 Å². The van der Waals surface area contributed by atoms with E-state index in [1.165, 1.54) is 4.57 Å². The fourth-order valence-electron chi connectivity index (χ4n) is 3.83. The van der Waals surface area contributed by atoms with Gasteiger partial charge in [0.15, 0.2) is 5.65 Å². The molecule has 1 unspecified atom stereocenters. The number of hydrogen-bond acceptors (Lipinski definition) is 5. The monoisotopic (exact) mass is 459 g/mol. The molecule has 2 N–H and O–H groups in total. The molecule has 1 aliphatic heterocycles. The minimum atomic E-state index is -0.551. The lowest BCUT2D eigenvalue weighted by molar-refractivity contribution is 0.0789. The van der Waals surface area contributed by atoms with Gasteiger partial charge in [0.25, 0.3) is 11.5 Å². The average molecular weight is 460 g/mol. The number of aromatic amines is 1. The van der Waals surface area contributed by atoms with E-state index in [1.54, 1.807) is 11.0 Å². The maximum absolute atomic E-state index is 13.3. The first-order valence-electron chi connectivity index (χ1n) is 9.99. The summed E-state index contributed by atoms with van der Waals surface area (Å²) in [4.78, 5) is 47.1. The fraction of sp³-hybridized carbons (Fsp3) is 0.600. The number of nitrogens with zero attached hydrogens (tertiary/aromatic N) is 3. The van der Waals surface area contributed by atoms with Gasteiger partial charge < -0.3 is 10.2 Å². The summed E-state index contributed by atoms with van der Waals surface area (Å²) in [5, 5.41) is 3.37. The second kappa shape index (κ2) is 10.9. The highest BCUT2D eigenvalue weighted by atomic mass is 35.5. The van der Waals surface area contributed by atoms with E-state index >= 15 is 0 Å². The number of aromatic nitrogens is 3. The van der Waals surface area contributed by atoms with Crippen LogP contribution in [0, 0.1) is 5.92 Å². The molecular weight excluding hydrogens is 429 g/mol. The van der Waals surface area contributed by atoms with Gasteiger partial charge in [-0.2, -0.15) is 0 Å². The van der Waals surface area contributed by atoms with Gasteiger partial charge in [-0.3, -0.25) is 19.1 Å². The SMILES string of the molecule is CCCn1c(=O)[nH]c(=O)c2c(C(=O)N3CCC(CNC)C3)cc(C(C)C)nc21.Cl.Cl. The molecule has 0 saturated carbocycles. The normalized spacial score (nSPS) is 15.9. The molecule has 3 heterocycles. The van der Waals surface area contributed by atoms with E-state index in [9.17, 15) is 14.4 Å². The molecule has 1 aliphatic rings. The molecule has 1 fully saturated rings. The third kappa shape index (κ3) is 5.04. The van der Waals surface area contributed by atoms with Gasteiger partial charge in [0, 0.05) is 25.3 Å². The Kier molecular flexibility index (Phi) is 9.52. The van der Waals surface area contributed by atoms with Gasteiger partial charge in [-0.05, 0) is 44.3 Å². The molecule has 1 saturated heterocycles. The number of aryl methyl sites for hydroxylation is 1. The van der Waals surface area contributed by atoms with Gasteiger partial charge in [-0.25, -0.2) is 9.78 Å². The van der Waals surface area contributed by atoms with Crippen LogP contribution in [0.5, 0.6) is 0 Å². The number of hydrogen-bond donors (Lipinski definition) is 2. The van der Waals surface area contributed by atoms with Crippen LogP contribution in [0.3, 0.4) is 0 Å². The number of fused-ring (bicyclic) bond motifs is 1. The second-order valence-electron chi connectivity index (χ2n) is 7.82. The molecule has 168 valence electrons. The van der Waals surface area contributed by atoms with E-state index in [-0.39, 0.29) is 42.0 Å². The van der Waals surface area contributed by atoms with Crippen LogP contribution in [0.2, 0.25) is 0 Å². The molecule has 1 amide bonds. The molecule has 1 atom stereocenters. The van der Waals surface area contributed by atoms with E-state index < -0.39 is 11.2 Å². The Balaban J connectivity index is 0.00000225. The zero-order valence-electron chi connectivity index (χ0n) is 17.9. The molecular formula is C20H31Cl2N5O3. The Bertz CT molecular complexity index is 1000. The minimum absolute atomic E-state index is 0. The first-order valence-corrected chi connectivity index (χ1v) is 9.99. The van der Waals surface area contributed by atoms with Crippen LogP contribution in [0.1, 0.15) is 55.6 Å². The van der Waals surface area contributed by atoms with Gasteiger partial charge in [0.05, 0.1) is 10.9 Å². The highest BCUT2D eigenvalue weighted by Crippen LogP contribution is 2.24. The van der Waals surface area contributed by atoms with Gasteiger partial charge in [0.2, 0.25) is 0 Å². The molecule has 0 bridgehead atoms. The van der Waals surface area contributed by atoms with E-state index in [1.807, 2.05) is 27.8 Å². The average Bonchev–Trinajstić information content (AvgIpc) is 3.12. The summed E-state index contributed by atoms with van der Waals surface area (Å²) in [6, 6.07) is 1.72. The number of pyridine rings is 1.